The number of anilines is 1. The third kappa shape index (κ3) is 2.51. The fourth-order valence-electron chi connectivity index (χ4n) is 4.99. The molecule has 2 unspecified atom stereocenters. The Morgan fingerprint density at radius 3 is 2.83 bits per heavy atom. The summed E-state index contributed by atoms with van der Waals surface area (Å²) in [7, 11) is 0. The first-order valence-corrected chi connectivity index (χ1v) is 10.2. The number of carbonyl (C=O) groups excluding carboxylic acids is 2. The van der Waals surface area contributed by atoms with Gasteiger partial charge in [0.1, 0.15) is 5.41 Å². The summed E-state index contributed by atoms with van der Waals surface area (Å²) in [4.78, 5) is 33.0. The Bertz CT molecular complexity index is 1140. The molecule has 0 radical (unpaired) electrons. The molecule has 1 saturated heterocycles. The molecule has 3 aromatic rings. The molecule has 7 nitrogen and oxygen atoms in total. The van der Waals surface area contributed by atoms with Crippen LogP contribution in [0.15, 0.2) is 54.9 Å². The van der Waals surface area contributed by atoms with Gasteiger partial charge in [-0.05, 0) is 49.6 Å². The van der Waals surface area contributed by atoms with E-state index in [-0.39, 0.29) is 11.8 Å². The van der Waals surface area contributed by atoms with E-state index in [1.807, 2.05) is 61.0 Å². The van der Waals surface area contributed by atoms with Crippen LogP contribution in [0.2, 0.25) is 0 Å². The van der Waals surface area contributed by atoms with E-state index in [9.17, 15) is 9.59 Å². The summed E-state index contributed by atoms with van der Waals surface area (Å²) in [5.74, 6) is -0.226. The highest BCUT2D eigenvalue weighted by atomic mass is 16.2. The van der Waals surface area contributed by atoms with Crippen molar-refractivity contribution in [3.8, 4) is 0 Å². The number of fused-ring (bicyclic) bond motifs is 2. The SMILES string of the molecule is CCn1nc(C(=O)N2CCC3(C(=O)Nc4ccccc43)C2c2cccnc2)cc1C. The molecule has 4 heterocycles. The second kappa shape index (κ2) is 6.79. The molecule has 1 aromatic carbocycles. The molecule has 1 N–H and O–H groups in total. The summed E-state index contributed by atoms with van der Waals surface area (Å²) in [6, 6.07) is 12.9. The summed E-state index contributed by atoms with van der Waals surface area (Å²) in [6.07, 6.45) is 4.00. The van der Waals surface area contributed by atoms with Gasteiger partial charge >= 0.3 is 0 Å². The van der Waals surface area contributed by atoms with Gasteiger partial charge < -0.3 is 10.2 Å². The second-order valence-corrected chi connectivity index (χ2v) is 7.90. The number of aryl methyl sites for hydroxylation is 2. The van der Waals surface area contributed by atoms with Gasteiger partial charge in [-0.15, -0.1) is 0 Å². The van der Waals surface area contributed by atoms with Gasteiger partial charge in [-0.1, -0.05) is 24.3 Å². The van der Waals surface area contributed by atoms with Gasteiger partial charge in [0.05, 0.1) is 6.04 Å². The predicted octanol–water partition coefficient (Wildman–Crippen LogP) is 3.08. The third-order valence-electron chi connectivity index (χ3n) is 6.35. The van der Waals surface area contributed by atoms with E-state index in [2.05, 4.69) is 15.4 Å². The number of likely N-dealkylation sites (tertiary alicyclic amines) is 1. The van der Waals surface area contributed by atoms with E-state index in [1.165, 1.54) is 0 Å². The van der Waals surface area contributed by atoms with Gasteiger partial charge in [-0.25, -0.2) is 0 Å². The Morgan fingerprint density at radius 1 is 1.27 bits per heavy atom. The number of carbonyl (C=O) groups is 2. The van der Waals surface area contributed by atoms with Gasteiger partial charge in [-0.2, -0.15) is 5.10 Å². The van der Waals surface area contributed by atoms with Crippen molar-refractivity contribution < 1.29 is 9.59 Å². The van der Waals surface area contributed by atoms with Gasteiger partial charge in [-0.3, -0.25) is 19.3 Å². The topological polar surface area (TPSA) is 80.1 Å². The Hall–Kier alpha value is -3.48. The van der Waals surface area contributed by atoms with E-state index in [0.717, 1.165) is 22.5 Å². The van der Waals surface area contributed by atoms with Crippen LogP contribution in [0.4, 0.5) is 5.69 Å². The van der Waals surface area contributed by atoms with Crippen LogP contribution >= 0.6 is 0 Å². The van der Waals surface area contributed by atoms with Crippen LogP contribution in [0, 0.1) is 6.92 Å². The molecule has 2 aromatic heterocycles. The summed E-state index contributed by atoms with van der Waals surface area (Å²) in [6.45, 7) is 5.11. The Labute approximate surface area is 174 Å². The van der Waals surface area contributed by atoms with Crippen LogP contribution in [0.25, 0.3) is 0 Å². The minimum Gasteiger partial charge on any atom is -0.329 e. The molecule has 7 heteroatoms. The summed E-state index contributed by atoms with van der Waals surface area (Å²) < 4.78 is 1.82. The number of hydrogen-bond acceptors (Lipinski definition) is 4. The van der Waals surface area contributed by atoms with Gasteiger partial charge in [0.25, 0.3) is 5.91 Å². The lowest BCUT2D eigenvalue weighted by Gasteiger charge is -2.33. The van der Waals surface area contributed by atoms with Crippen LogP contribution in [-0.2, 0) is 16.8 Å². The smallest absolute Gasteiger partial charge is 0.274 e. The maximum absolute atomic E-state index is 13.6. The lowest BCUT2D eigenvalue weighted by molar-refractivity contribution is -0.121. The minimum atomic E-state index is -0.836. The Balaban J connectivity index is 1.65. The molecule has 0 bridgehead atoms. The molecular formula is C23H23N5O2. The fourth-order valence-corrected chi connectivity index (χ4v) is 4.99. The van der Waals surface area contributed by atoms with E-state index < -0.39 is 11.5 Å². The molecule has 2 aliphatic heterocycles. The molecule has 2 aliphatic rings. The molecule has 1 spiro atoms. The number of pyridine rings is 1. The number of nitrogens with one attached hydrogen (secondary N) is 1. The highest BCUT2D eigenvalue weighted by molar-refractivity contribution is 6.08. The van der Waals surface area contributed by atoms with Crippen molar-refractivity contribution in [2.24, 2.45) is 0 Å². The Morgan fingerprint density at radius 2 is 2.10 bits per heavy atom. The molecule has 152 valence electrons. The predicted molar refractivity (Wildman–Crippen MR) is 112 cm³/mol. The van der Waals surface area contributed by atoms with E-state index in [0.29, 0.717) is 25.2 Å². The van der Waals surface area contributed by atoms with Crippen molar-refractivity contribution in [3.05, 3.63) is 77.4 Å². The first kappa shape index (κ1) is 18.5. The zero-order valence-corrected chi connectivity index (χ0v) is 17.0. The molecule has 1 fully saturated rings. The van der Waals surface area contributed by atoms with Gasteiger partial charge in [0.15, 0.2) is 5.69 Å². The molecular weight excluding hydrogens is 378 g/mol. The van der Waals surface area contributed by atoms with Crippen LogP contribution in [0.1, 0.15) is 46.7 Å². The summed E-state index contributed by atoms with van der Waals surface area (Å²) >= 11 is 0. The number of hydrogen-bond donors (Lipinski definition) is 1. The summed E-state index contributed by atoms with van der Waals surface area (Å²) in [5.41, 5.74) is 3.12. The Kier molecular flexibility index (Phi) is 4.20. The molecule has 30 heavy (non-hydrogen) atoms. The quantitative estimate of drug-likeness (QED) is 0.731. The molecule has 5 rings (SSSR count). The highest BCUT2D eigenvalue weighted by Crippen LogP contribution is 2.54. The van der Waals surface area contributed by atoms with Gasteiger partial charge in [0, 0.05) is 36.9 Å². The average molecular weight is 401 g/mol. The molecule has 2 atom stereocenters. The fraction of sp³-hybridized carbons (Fsp3) is 0.304. The standard InChI is InChI=1S/C23H23N5O2/c1-3-28-15(2)13-19(26-28)21(29)27-12-10-23(20(27)16-7-6-11-24-14-16)17-8-4-5-9-18(17)25-22(23)30/h4-9,11,13-14,20H,3,10,12H2,1-2H3,(H,25,30). The third-order valence-corrected chi connectivity index (χ3v) is 6.35. The monoisotopic (exact) mass is 401 g/mol. The maximum atomic E-state index is 13.6. The zero-order chi connectivity index (χ0) is 20.9. The number of benzene rings is 1. The lowest BCUT2D eigenvalue weighted by Crippen LogP contribution is -2.42. The van der Waals surface area contributed by atoms with Crippen molar-refractivity contribution in [1.82, 2.24) is 19.7 Å². The average Bonchev–Trinajstić information content (AvgIpc) is 3.43. The molecule has 2 amide bonds. The first-order chi connectivity index (χ1) is 14.6. The van der Waals surface area contributed by atoms with E-state index in [1.54, 1.807) is 17.3 Å². The van der Waals surface area contributed by atoms with Crippen molar-refractivity contribution in [2.75, 3.05) is 11.9 Å². The second-order valence-electron chi connectivity index (χ2n) is 7.90. The van der Waals surface area contributed by atoms with Gasteiger partial charge in [0.2, 0.25) is 5.91 Å². The number of nitrogens with zero attached hydrogens (tertiary/aromatic N) is 4. The normalized spacial score (nSPS) is 22.4. The molecule has 0 aliphatic carbocycles. The number of para-hydroxylation sites is 1. The number of rotatable bonds is 3. The molecule has 0 saturated carbocycles. The highest BCUT2D eigenvalue weighted by Gasteiger charge is 2.59. The zero-order valence-electron chi connectivity index (χ0n) is 17.0. The largest absolute Gasteiger partial charge is 0.329 e. The number of amides is 2. The van der Waals surface area contributed by atoms with Crippen molar-refractivity contribution >= 4 is 17.5 Å². The lowest BCUT2D eigenvalue weighted by atomic mass is 9.73. The first-order valence-electron chi connectivity index (χ1n) is 10.2. The van der Waals surface area contributed by atoms with Crippen molar-refractivity contribution in [3.63, 3.8) is 0 Å². The van der Waals surface area contributed by atoms with Crippen LogP contribution < -0.4 is 5.32 Å². The van der Waals surface area contributed by atoms with Crippen LogP contribution in [0.3, 0.4) is 0 Å². The van der Waals surface area contributed by atoms with E-state index >= 15 is 0 Å². The van der Waals surface area contributed by atoms with Crippen molar-refractivity contribution in [2.45, 2.75) is 38.3 Å². The number of aromatic nitrogens is 3. The van der Waals surface area contributed by atoms with Crippen LogP contribution in [0.5, 0.6) is 0 Å². The minimum absolute atomic E-state index is 0.0666. The van der Waals surface area contributed by atoms with E-state index in [4.69, 9.17) is 0 Å². The van der Waals surface area contributed by atoms with Crippen LogP contribution in [-0.4, -0.2) is 38.0 Å². The summed E-state index contributed by atoms with van der Waals surface area (Å²) in [5, 5.41) is 7.52. The van der Waals surface area contributed by atoms with Crippen molar-refractivity contribution in [1.29, 1.82) is 0 Å². The maximum Gasteiger partial charge on any atom is 0.274 e.